The van der Waals surface area contributed by atoms with Crippen molar-refractivity contribution in [3.63, 3.8) is 0 Å². The number of ether oxygens (including phenoxy) is 1. The van der Waals surface area contributed by atoms with E-state index in [0.717, 1.165) is 24.5 Å². The molecule has 1 aliphatic rings. The molecular weight excluding hydrogens is 236 g/mol. The van der Waals surface area contributed by atoms with Gasteiger partial charge in [0, 0.05) is 13.1 Å². The van der Waals surface area contributed by atoms with Crippen LogP contribution in [0.4, 0.5) is 0 Å². The maximum absolute atomic E-state index is 5.78. The molecule has 0 unspecified atom stereocenters. The molecule has 1 fully saturated rings. The summed E-state index contributed by atoms with van der Waals surface area (Å²) >= 11 is 0. The van der Waals surface area contributed by atoms with Gasteiger partial charge in [0.2, 0.25) is 0 Å². The Morgan fingerprint density at radius 1 is 1.16 bits per heavy atom. The summed E-state index contributed by atoms with van der Waals surface area (Å²) in [5.74, 6) is 0.939. The lowest BCUT2D eigenvalue weighted by Crippen LogP contribution is -2.39. The summed E-state index contributed by atoms with van der Waals surface area (Å²) in [5.41, 5.74) is 7.24. The Balaban J connectivity index is 1.69. The van der Waals surface area contributed by atoms with Crippen LogP contribution in [0.15, 0.2) is 24.3 Å². The number of nitrogens with zero attached hydrogens (tertiary/aromatic N) is 1. The first-order chi connectivity index (χ1) is 9.09. The minimum atomic E-state index is 0.523. The lowest BCUT2D eigenvalue weighted by atomic mass is 9.83. The highest BCUT2D eigenvalue weighted by Gasteiger charge is 2.24. The van der Waals surface area contributed by atoms with Crippen LogP contribution in [0.3, 0.4) is 0 Å². The third-order valence-electron chi connectivity index (χ3n) is 4.04. The first-order valence-electron chi connectivity index (χ1n) is 7.23. The maximum Gasteiger partial charge on any atom is 0.119 e. The Hall–Kier alpha value is -1.06. The summed E-state index contributed by atoms with van der Waals surface area (Å²) in [7, 11) is 0. The zero-order chi connectivity index (χ0) is 13.7. The second-order valence-corrected chi connectivity index (χ2v) is 6.20. The van der Waals surface area contributed by atoms with Crippen LogP contribution in [0.5, 0.6) is 5.75 Å². The molecule has 0 spiro atoms. The van der Waals surface area contributed by atoms with Gasteiger partial charge in [-0.2, -0.15) is 0 Å². The van der Waals surface area contributed by atoms with Crippen molar-refractivity contribution in [2.45, 2.75) is 33.2 Å². The van der Waals surface area contributed by atoms with E-state index in [0.29, 0.717) is 12.0 Å². The van der Waals surface area contributed by atoms with Gasteiger partial charge < -0.3 is 10.5 Å². The molecule has 3 nitrogen and oxygen atoms in total. The van der Waals surface area contributed by atoms with Gasteiger partial charge in [-0.25, -0.2) is 0 Å². The largest absolute Gasteiger partial charge is 0.492 e. The number of nitrogens with two attached hydrogens (primary N) is 1. The fourth-order valence-electron chi connectivity index (χ4n) is 2.40. The molecule has 0 aromatic heterocycles. The predicted octanol–water partition coefficient (Wildman–Crippen LogP) is 2.65. The van der Waals surface area contributed by atoms with Gasteiger partial charge in [-0.15, -0.1) is 0 Å². The highest BCUT2D eigenvalue weighted by molar-refractivity contribution is 5.27. The number of hydrogen-bond donors (Lipinski definition) is 1. The molecule has 19 heavy (non-hydrogen) atoms. The summed E-state index contributed by atoms with van der Waals surface area (Å²) in [5, 5.41) is 0. The maximum atomic E-state index is 5.78. The van der Waals surface area contributed by atoms with E-state index in [2.05, 4.69) is 18.7 Å². The van der Waals surface area contributed by atoms with Crippen LogP contribution in [0, 0.1) is 5.41 Å². The molecule has 1 aromatic carbocycles. The van der Waals surface area contributed by atoms with E-state index in [9.17, 15) is 0 Å². The third kappa shape index (κ3) is 4.51. The summed E-state index contributed by atoms with van der Waals surface area (Å²) in [6.45, 7) is 9.49. The molecule has 1 aromatic rings. The van der Waals surface area contributed by atoms with Crippen LogP contribution in [0.1, 0.15) is 32.3 Å². The molecule has 0 aliphatic carbocycles. The Kier molecular flexibility index (Phi) is 4.83. The van der Waals surface area contributed by atoms with Crippen LogP contribution in [0.25, 0.3) is 0 Å². The van der Waals surface area contributed by atoms with Crippen molar-refractivity contribution in [1.82, 2.24) is 4.90 Å². The topological polar surface area (TPSA) is 38.5 Å². The van der Waals surface area contributed by atoms with E-state index in [1.807, 2.05) is 24.3 Å². The number of likely N-dealkylation sites (tertiary alicyclic amines) is 1. The van der Waals surface area contributed by atoms with Gasteiger partial charge in [-0.05, 0) is 49.0 Å². The monoisotopic (exact) mass is 262 g/mol. The first kappa shape index (κ1) is 14.4. The summed E-state index contributed by atoms with van der Waals surface area (Å²) in [6, 6.07) is 8.06. The van der Waals surface area contributed by atoms with Crippen molar-refractivity contribution in [2.75, 3.05) is 26.2 Å². The Morgan fingerprint density at radius 3 is 2.37 bits per heavy atom. The van der Waals surface area contributed by atoms with Gasteiger partial charge in [0.15, 0.2) is 0 Å². The second-order valence-electron chi connectivity index (χ2n) is 6.20. The lowest BCUT2D eigenvalue weighted by Gasteiger charge is -2.36. The molecule has 2 N–H and O–H groups in total. The molecule has 0 bridgehead atoms. The van der Waals surface area contributed by atoms with Crippen LogP contribution < -0.4 is 10.5 Å². The molecule has 0 saturated carbocycles. The Labute approximate surface area is 116 Å². The Bertz CT molecular complexity index is 376. The molecule has 0 amide bonds. The van der Waals surface area contributed by atoms with Crippen molar-refractivity contribution in [3.8, 4) is 5.75 Å². The third-order valence-corrected chi connectivity index (χ3v) is 4.04. The van der Waals surface area contributed by atoms with Gasteiger partial charge in [0.25, 0.3) is 0 Å². The van der Waals surface area contributed by atoms with E-state index < -0.39 is 0 Å². The van der Waals surface area contributed by atoms with Crippen molar-refractivity contribution in [3.05, 3.63) is 29.8 Å². The van der Waals surface area contributed by atoms with Crippen LogP contribution in [0.2, 0.25) is 0 Å². The Morgan fingerprint density at radius 2 is 1.79 bits per heavy atom. The molecule has 0 atom stereocenters. The van der Waals surface area contributed by atoms with Gasteiger partial charge in [0.05, 0.1) is 0 Å². The highest BCUT2D eigenvalue weighted by Crippen LogP contribution is 2.29. The molecule has 1 heterocycles. The zero-order valence-electron chi connectivity index (χ0n) is 12.2. The number of benzene rings is 1. The van der Waals surface area contributed by atoms with Crippen molar-refractivity contribution in [1.29, 1.82) is 0 Å². The van der Waals surface area contributed by atoms with Crippen molar-refractivity contribution in [2.24, 2.45) is 11.1 Å². The van der Waals surface area contributed by atoms with Crippen LogP contribution >= 0.6 is 0 Å². The van der Waals surface area contributed by atoms with Crippen molar-refractivity contribution >= 4 is 0 Å². The van der Waals surface area contributed by atoms with Crippen molar-refractivity contribution < 1.29 is 4.74 Å². The molecule has 0 radical (unpaired) electrons. The standard InChI is InChI=1S/C16H26N2O/c1-16(2)7-9-18(10-8-16)11-12-19-15-5-3-14(13-17)4-6-15/h3-6H,7-13,17H2,1-2H3. The van der Waals surface area contributed by atoms with E-state index in [4.69, 9.17) is 10.5 Å². The van der Waals surface area contributed by atoms with E-state index in [-0.39, 0.29) is 0 Å². The van der Waals surface area contributed by atoms with E-state index in [1.54, 1.807) is 0 Å². The quantitative estimate of drug-likeness (QED) is 0.886. The minimum Gasteiger partial charge on any atom is -0.492 e. The molecule has 2 rings (SSSR count). The highest BCUT2D eigenvalue weighted by atomic mass is 16.5. The fourth-order valence-corrected chi connectivity index (χ4v) is 2.40. The van der Waals surface area contributed by atoms with Gasteiger partial charge in [0.1, 0.15) is 12.4 Å². The molecular formula is C16H26N2O. The molecule has 3 heteroatoms. The molecule has 106 valence electrons. The van der Waals surface area contributed by atoms with Gasteiger partial charge in [-0.1, -0.05) is 26.0 Å². The lowest BCUT2D eigenvalue weighted by molar-refractivity contribution is 0.116. The fraction of sp³-hybridized carbons (Fsp3) is 0.625. The number of piperidine rings is 1. The normalized spacial score (nSPS) is 19.3. The second kappa shape index (κ2) is 6.40. The number of rotatable bonds is 5. The molecule has 1 saturated heterocycles. The summed E-state index contributed by atoms with van der Waals surface area (Å²) < 4.78 is 5.78. The molecule has 1 aliphatic heterocycles. The average Bonchev–Trinajstić information content (AvgIpc) is 2.41. The van der Waals surface area contributed by atoms with Crippen LogP contribution in [-0.2, 0) is 6.54 Å². The average molecular weight is 262 g/mol. The van der Waals surface area contributed by atoms with Gasteiger partial charge >= 0.3 is 0 Å². The smallest absolute Gasteiger partial charge is 0.119 e. The summed E-state index contributed by atoms with van der Waals surface area (Å²) in [6.07, 6.45) is 2.58. The number of hydrogen-bond acceptors (Lipinski definition) is 3. The van der Waals surface area contributed by atoms with E-state index in [1.165, 1.54) is 25.9 Å². The predicted molar refractivity (Wildman–Crippen MR) is 79.3 cm³/mol. The first-order valence-corrected chi connectivity index (χ1v) is 7.23. The zero-order valence-corrected chi connectivity index (χ0v) is 12.2. The SMILES string of the molecule is CC1(C)CCN(CCOc2ccc(CN)cc2)CC1. The van der Waals surface area contributed by atoms with Crippen LogP contribution in [-0.4, -0.2) is 31.1 Å². The summed E-state index contributed by atoms with van der Waals surface area (Å²) in [4.78, 5) is 2.50. The van der Waals surface area contributed by atoms with E-state index >= 15 is 0 Å². The minimum absolute atomic E-state index is 0.523. The van der Waals surface area contributed by atoms with Gasteiger partial charge in [-0.3, -0.25) is 4.90 Å².